The molecule has 0 aromatic carbocycles. The molecule has 1 aliphatic rings. The number of rotatable bonds is 5. The third kappa shape index (κ3) is 2.80. The fourth-order valence-electron chi connectivity index (χ4n) is 4.17. The van der Waals surface area contributed by atoms with E-state index in [1.54, 1.807) is 15.3 Å². The third-order valence-electron chi connectivity index (χ3n) is 5.86. The van der Waals surface area contributed by atoms with Gasteiger partial charge in [-0.1, -0.05) is 0 Å². The van der Waals surface area contributed by atoms with E-state index in [1.807, 2.05) is 38.4 Å². The Morgan fingerprint density at radius 1 is 1.28 bits per heavy atom. The van der Waals surface area contributed by atoms with Crippen LogP contribution in [-0.4, -0.2) is 48.9 Å². The molecule has 5 rings (SSSR count). The minimum absolute atomic E-state index is 0.244. The number of hydrogen-bond donors (Lipinski definition) is 2. The summed E-state index contributed by atoms with van der Waals surface area (Å²) in [7, 11) is 1.94. The van der Waals surface area contributed by atoms with Gasteiger partial charge in [0.25, 0.3) is 0 Å². The zero-order chi connectivity index (χ0) is 20.2. The summed E-state index contributed by atoms with van der Waals surface area (Å²) >= 11 is 0. The van der Waals surface area contributed by atoms with E-state index < -0.39 is 12.2 Å². The lowest BCUT2D eigenvalue weighted by Gasteiger charge is -2.43. The zero-order valence-corrected chi connectivity index (χ0v) is 16.4. The summed E-state index contributed by atoms with van der Waals surface area (Å²) in [4.78, 5) is 13.8. The van der Waals surface area contributed by atoms with E-state index in [9.17, 15) is 4.39 Å². The number of pyridine rings is 1. The van der Waals surface area contributed by atoms with Crippen LogP contribution in [-0.2, 0) is 12.1 Å². The molecule has 150 valence electrons. The van der Waals surface area contributed by atoms with E-state index >= 15 is 0 Å². The molecule has 0 aliphatic heterocycles. The molecule has 9 heteroatoms. The topological polar surface area (TPSA) is 98.9 Å². The van der Waals surface area contributed by atoms with Crippen molar-refractivity contribution >= 4 is 16.7 Å². The van der Waals surface area contributed by atoms with E-state index in [2.05, 4.69) is 20.4 Å². The number of nitrogens with two attached hydrogens (primary N) is 1. The number of imidazole rings is 1. The van der Waals surface area contributed by atoms with Gasteiger partial charge in [-0.2, -0.15) is 5.10 Å². The smallest absolute Gasteiger partial charge is 0.169 e. The normalized spacial score (nSPS) is 21.7. The molecule has 4 heterocycles. The summed E-state index contributed by atoms with van der Waals surface area (Å²) in [6, 6.07) is 6.21. The molecular weight excluding hydrogens is 371 g/mol. The Hall–Kier alpha value is -2.91. The van der Waals surface area contributed by atoms with Crippen molar-refractivity contribution in [1.29, 1.82) is 0 Å². The Labute approximate surface area is 167 Å². The molecule has 0 unspecified atom stereocenters. The van der Waals surface area contributed by atoms with Crippen molar-refractivity contribution in [2.45, 2.75) is 37.9 Å². The standard InChI is InChI=1S/C20H23FN8/c1-12-25-16-4-3-15(26-18(16)28(12)8-6-21)14-5-7-29-17(14)11-24-19(27-29)20(22)9-13(10-20)23-2/h3-5,7,11,13,23H,6,8-10,22H2,1-2H3. The number of nitrogens with zero attached hydrogens (tertiary/aromatic N) is 6. The molecule has 0 amide bonds. The first-order chi connectivity index (χ1) is 14.0. The highest BCUT2D eigenvalue weighted by atomic mass is 19.1. The first-order valence-corrected chi connectivity index (χ1v) is 9.73. The number of fused-ring (bicyclic) bond motifs is 2. The van der Waals surface area contributed by atoms with E-state index in [1.165, 1.54) is 0 Å². The van der Waals surface area contributed by atoms with Gasteiger partial charge in [-0.25, -0.2) is 23.9 Å². The van der Waals surface area contributed by atoms with Crippen molar-refractivity contribution in [3.63, 3.8) is 0 Å². The Bertz CT molecular complexity index is 1200. The first kappa shape index (κ1) is 18.1. The third-order valence-corrected chi connectivity index (χ3v) is 5.86. The maximum atomic E-state index is 13.0. The van der Waals surface area contributed by atoms with Crippen LogP contribution in [0.3, 0.4) is 0 Å². The van der Waals surface area contributed by atoms with E-state index in [-0.39, 0.29) is 6.54 Å². The lowest BCUT2D eigenvalue weighted by molar-refractivity contribution is 0.172. The summed E-state index contributed by atoms with van der Waals surface area (Å²) in [5.41, 5.74) is 9.97. The van der Waals surface area contributed by atoms with Crippen LogP contribution >= 0.6 is 0 Å². The Morgan fingerprint density at radius 2 is 2.10 bits per heavy atom. The predicted molar refractivity (Wildman–Crippen MR) is 108 cm³/mol. The van der Waals surface area contributed by atoms with Gasteiger partial charge in [0, 0.05) is 17.8 Å². The quantitative estimate of drug-likeness (QED) is 0.537. The number of aromatic nitrogens is 6. The molecule has 1 fully saturated rings. The van der Waals surface area contributed by atoms with Crippen LogP contribution in [0.25, 0.3) is 27.9 Å². The van der Waals surface area contributed by atoms with Gasteiger partial charge in [0.15, 0.2) is 11.5 Å². The molecule has 0 atom stereocenters. The molecular formula is C20H23FN8. The summed E-state index contributed by atoms with van der Waals surface area (Å²) in [6.07, 6.45) is 5.33. The number of nitrogens with one attached hydrogen (secondary N) is 1. The van der Waals surface area contributed by atoms with Gasteiger partial charge in [-0.3, -0.25) is 0 Å². The van der Waals surface area contributed by atoms with Crippen LogP contribution in [0.2, 0.25) is 0 Å². The molecule has 3 N–H and O–H groups in total. The van der Waals surface area contributed by atoms with Crippen LogP contribution in [0.15, 0.2) is 30.6 Å². The zero-order valence-electron chi connectivity index (χ0n) is 16.4. The second-order valence-electron chi connectivity index (χ2n) is 7.73. The summed E-state index contributed by atoms with van der Waals surface area (Å²) in [5, 5.41) is 7.89. The predicted octanol–water partition coefficient (Wildman–Crippen LogP) is 1.95. The van der Waals surface area contributed by atoms with Crippen molar-refractivity contribution in [2.24, 2.45) is 5.73 Å². The van der Waals surface area contributed by atoms with Gasteiger partial charge in [-0.05, 0) is 45.0 Å². The van der Waals surface area contributed by atoms with Gasteiger partial charge >= 0.3 is 0 Å². The van der Waals surface area contributed by atoms with Crippen LogP contribution in [0.1, 0.15) is 24.5 Å². The van der Waals surface area contributed by atoms with E-state index in [0.29, 0.717) is 17.5 Å². The number of aryl methyl sites for hydroxylation is 2. The van der Waals surface area contributed by atoms with Gasteiger partial charge in [0.05, 0.1) is 29.5 Å². The number of hydrogen-bond acceptors (Lipinski definition) is 6. The van der Waals surface area contributed by atoms with E-state index in [0.717, 1.165) is 41.0 Å². The molecule has 0 saturated heterocycles. The highest BCUT2D eigenvalue weighted by Crippen LogP contribution is 2.37. The van der Waals surface area contributed by atoms with Gasteiger partial charge in [0.2, 0.25) is 0 Å². The van der Waals surface area contributed by atoms with Crippen LogP contribution in [0, 0.1) is 6.92 Å². The van der Waals surface area contributed by atoms with Crippen molar-refractivity contribution < 1.29 is 4.39 Å². The number of halogens is 1. The molecule has 1 aliphatic carbocycles. The summed E-state index contributed by atoms with van der Waals surface area (Å²) in [6.45, 7) is 1.65. The minimum atomic E-state index is -0.486. The van der Waals surface area contributed by atoms with Crippen molar-refractivity contribution in [3.05, 3.63) is 42.2 Å². The summed E-state index contributed by atoms with van der Waals surface area (Å²) in [5.74, 6) is 1.41. The molecule has 8 nitrogen and oxygen atoms in total. The molecule has 4 aromatic heterocycles. The van der Waals surface area contributed by atoms with E-state index in [4.69, 9.17) is 10.7 Å². The highest BCUT2D eigenvalue weighted by Gasteiger charge is 2.44. The van der Waals surface area contributed by atoms with Crippen molar-refractivity contribution in [2.75, 3.05) is 13.7 Å². The lowest BCUT2D eigenvalue weighted by Crippen LogP contribution is -2.57. The second-order valence-corrected chi connectivity index (χ2v) is 7.73. The average Bonchev–Trinajstić information content (AvgIpc) is 3.26. The maximum Gasteiger partial charge on any atom is 0.169 e. The van der Waals surface area contributed by atoms with Crippen molar-refractivity contribution in [3.8, 4) is 11.3 Å². The largest absolute Gasteiger partial charge is 0.319 e. The highest BCUT2D eigenvalue weighted by molar-refractivity contribution is 5.82. The molecule has 1 saturated carbocycles. The van der Waals surface area contributed by atoms with Crippen LogP contribution in [0.4, 0.5) is 4.39 Å². The molecule has 0 bridgehead atoms. The van der Waals surface area contributed by atoms with Gasteiger partial charge in [0.1, 0.15) is 18.0 Å². The first-order valence-electron chi connectivity index (χ1n) is 9.73. The lowest BCUT2D eigenvalue weighted by atomic mass is 9.73. The number of alkyl halides is 1. The van der Waals surface area contributed by atoms with Crippen LogP contribution in [0.5, 0.6) is 0 Å². The summed E-state index contributed by atoms with van der Waals surface area (Å²) < 4.78 is 16.6. The fraction of sp³-hybridized carbons (Fsp3) is 0.400. The Kier molecular flexibility index (Phi) is 4.11. The Balaban J connectivity index is 1.55. The monoisotopic (exact) mass is 394 g/mol. The molecule has 4 aromatic rings. The molecule has 0 radical (unpaired) electrons. The molecule has 0 spiro atoms. The SMILES string of the molecule is CNC1CC(N)(c2ncc3c(-c4ccc5nc(C)n(CCF)c5n4)ccn3n2)C1. The van der Waals surface area contributed by atoms with Gasteiger partial charge in [-0.15, -0.1) is 0 Å². The average molecular weight is 394 g/mol. The minimum Gasteiger partial charge on any atom is -0.319 e. The van der Waals surface area contributed by atoms with Crippen molar-refractivity contribution in [1.82, 2.24) is 34.4 Å². The van der Waals surface area contributed by atoms with Crippen LogP contribution < -0.4 is 11.1 Å². The maximum absolute atomic E-state index is 13.0. The Morgan fingerprint density at radius 3 is 2.86 bits per heavy atom. The fourth-order valence-corrected chi connectivity index (χ4v) is 4.17. The second kappa shape index (κ2) is 6.57. The van der Waals surface area contributed by atoms with Gasteiger partial charge < -0.3 is 15.6 Å². The molecule has 29 heavy (non-hydrogen) atoms.